The van der Waals surface area contributed by atoms with E-state index in [0.717, 1.165) is 42.4 Å². The Labute approximate surface area is 124 Å². The van der Waals surface area contributed by atoms with Gasteiger partial charge in [0.2, 0.25) is 0 Å². The fourth-order valence-corrected chi connectivity index (χ4v) is 3.18. The lowest BCUT2D eigenvalue weighted by molar-refractivity contribution is -0.141. The topological polar surface area (TPSA) is 51.2 Å². The number of nitrogens with zero attached hydrogens (tertiary/aromatic N) is 1. The Bertz CT molecular complexity index is 461. The molecule has 20 heavy (non-hydrogen) atoms. The Balaban J connectivity index is 1.86. The van der Waals surface area contributed by atoms with Crippen LogP contribution in [0.25, 0.3) is 0 Å². The summed E-state index contributed by atoms with van der Waals surface area (Å²) >= 11 is 1.73. The molecule has 5 heteroatoms. The van der Waals surface area contributed by atoms with Crippen LogP contribution in [0.4, 0.5) is 5.82 Å². The van der Waals surface area contributed by atoms with Gasteiger partial charge in [-0.05, 0) is 36.8 Å². The first kappa shape index (κ1) is 15.2. The van der Waals surface area contributed by atoms with Gasteiger partial charge in [0.1, 0.15) is 5.82 Å². The Morgan fingerprint density at radius 1 is 1.50 bits per heavy atom. The van der Waals surface area contributed by atoms with E-state index in [1.165, 1.54) is 7.11 Å². The summed E-state index contributed by atoms with van der Waals surface area (Å²) in [7, 11) is 1.45. The first-order valence-corrected chi connectivity index (χ1v) is 8.06. The van der Waals surface area contributed by atoms with Crippen LogP contribution >= 0.6 is 11.8 Å². The van der Waals surface area contributed by atoms with E-state index in [9.17, 15) is 4.79 Å². The molecule has 0 bridgehead atoms. The molecule has 0 aliphatic heterocycles. The highest BCUT2D eigenvalue weighted by Crippen LogP contribution is 2.52. The summed E-state index contributed by atoms with van der Waals surface area (Å²) in [6.07, 6.45) is 3.84. The van der Waals surface area contributed by atoms with Gasteiger partial charge in [-0.3, -0.25) is 4.79 Å². The maximum absolute atomic E-state index is 11.4. The van der Waals surface area contributed by atoms with E-state index < -0.39 is 0 Å². The van der Waals surface area contributed by atoms with Gasteiger partial charge in [-0.2, -0.15) is 0 Å². The molecule has 1 heterocycles. The van der Waals surface area contributed by atoms with Crippen molar-refractivity contribution >= 4 is 23.5 Å². The number of nitrogens with one attached hydrogen (secondary N) is 1. The summed E-state index contributed by atoms with van der Waals surface area (Å²) in [6.45, 7) is 3.07. The molecular weight excluding hydrogens is 272 g/mol. The molecule has 0 unspecified atom stereocenters. The van der Waals surface area contributed by atoms with Crippen molar-refractivity contribution in [3.63, 3.8) is 0 Å². The van der Waals surface area contributed by atoms with Crippen molar-refractivity contribution in [2.75, 3.05) is 24.7 Å². The molecule has 1 aliphatic rings. The molecule has 0 radical (unpaired) electrons. The van der Waals surface area contributed by atoms with Crippen molar-refractivity contribution < 1.29 is 9.53 Å². The number of pyridine rings is 1. The van der Waals surface area contributed by atoms with Crippen molar-refractivity contribution in [3.8, 4) is 0 Å². The van der Waals surface area contributed by atoms with Crippen LogP contribution < -0.4 is 5.32 Å². The van der Waals surface area contributed by atoms with E-state index in [1.54, 1.807) is 11.8 Å². The minimum absolute atomic E-state index is 0.102. The molecule has 0 saturated heterocycles. The van der Waals surface area contributed by atoms with Gasteiger partial charge in [-0.1, -0.05) is 13.0 Å². The fourth-order valence-electron chi connectivity index (χ4n) is 2.00. The van der Waals surface area contributed by atoms with E-state index >= 15 is 0 Å². The molecule has 1 fully saturated rings. The van der Waals surface area contributed by atoms with Gasteiger partial charge >= 0.3 is 5.97 Å². The lowest BCUT2D eigenvalue weighted by Gasteiger charge is -2.13. The highest BCUT2D eigenvalue weighted by molar-refractivity contribution is 7.99. The molecule has 1 aromatic rings. The number of carbonyl (C=O) groups excluding carboxylic acids is 1. The first-order chi connectivity index (χ1) is 9.67. The smallest absolute Gasteiger partial charge is 0.306 e. The molecule has 1 saturated carbocycles. The zero-order valence-corrected chi connectivity index (χ0v) is 13.0. The molecule has 2 rings (SSSR count). The number of hydrogen-bond acceptors (Lipinski definition) is 5. The maximum Gasteiger partial charge on any atom is 0.306 e. The van der Waals surface area contributed by atoms with Gasteiger partial charge in [0.05, 0.1) is 18.6 Å². The number of hydrogen-bond donors (Lipinski definition) is 1. The molecule has 0 aromatic carbocycles. The summed E-state index contributed by atoms with van der Waals surface area (Å²) in [5, 5.41) is 4.31. The average Bonchev–Trinajstić information content (AvgIpc) is 3.23. The molecule has 1 aliphatic carbocycles. The second-order valence-corrected chi connectivity index (χ2v) is 6.33. The summed E-state index contributed by atoms with van der Waals surface area (Å²) in [5.41, 5.74) is 0.145. The number of methoxy groups -OCH3 is 1. The SMILES string of the molecule is CCCNc1cccc(SCC2(CC(=O)OC)CC2)n1. The second-order valence-electron chi connectivity index (χ2n) is 5.33. The van der Waals surface area contributed by atoms with Crippen molar-refractivity contribution in [1.82, 2.24) is 4.98 Å². The molecule has 0 spiro atoms. The summed E-state index contributed by atoms with van der Waals surface area (Å²) in [5.74, 6) is 1.76. The van der Waals surface area contributed by atoms with Crippen LogP contribution in [0.1, 0.15) is 32.6 Å². The van der Waals surface area contributed by atoms with Crippen LogP contribution in [0.2, 0.25) is 0 Å². The van der Waals surface area contributed by atoms with Crippen LogP contribution in [0, 0.1) is 5.41 Å². The minimum Gasteiger partial charge on any atom is -0.469 e. The Hall–Kier alpha value is -1.23. The monoisotopic (exact) mass is 294 g/mol. The van der Waals surface area contributed by atoms with Gasteiger partial charge in [0.25, 0.3) is 0 Å². The summed E-state index contributed by atoms with van der Waals surface area (Å²) < 4.78 is 4.77. The number of rotatable bonds is 8. The largest absolute Gasteiger partial charge is 0.469 e. The Morgan fingerprint density at radius 3 is 2.95 bits per heavy atom. The normalized spacial score (nSPS) is 15.7. The van der Waals surface area contributed by atoms with Crippen LogP contribution in [0.3, 0.4) is 0 Å². The van der Waals surface area contributed by atoms with Crippen molar-refractivity contribution in [2.24, 2.45) is 5.41 Å². The molecule has 0 atom stereocenters. The van der Waals surface area contributed by atoms with Crippen LogP contribution in [-0.2, 0) is 9.53 Å². The number of carbonyl (C=O) groups is 1. The van der Waals surface area contributed by atoms with E-state index in [1.807, 2.05) is 18.2 Å². The van der Waals surface area contributed by atoms with Gasteiger partial charge < -0.3 is 10.1 Å². The fraction of sp³-hybridized carbons (Fsp3) is 0.600. The standard InChI is InChI=1S/C15H22N2O2S/c1-3-9-16-12-5-4-6-13(17-12)20-11-15(7-8-15)10-14(18)19-2/h4-6H,3,7-11H2,1-2H3,(H,16,17). The number of thioether (sulfide) groups is 1. The predicted molar refractivity (Wildman–Crippen MR) is 82.0 cm³/mol. The molecule has 1 N–H and O–H groups in total. The minimum atomic E-state index is -0.102. The third kappa shape index (κ3) is 4.40. The maximum atomic E-state index is 11.4. The zero-order chi connectivity index (χ0) is 14.4. The van der Waals surface area contributed by atoms with Crippen LogP contribution in [-0.4, -0.2) is 30.4 Å². The van der Waals surface area contributed by atoms with Gasteiger partial charge in [-0.25, -0.2) is 4.98 Å². The highest BCUT2D eigenvalue weighted by atomic mass is 32.2. The summed E-state index contributed by atoms with van der Waals surface area (Å²) in [6, 6.07) is 6.03. The highest BCUT2D eigenvalue weighted by Gasteiger charge is 2.44. The number of esters is 1. The zero-order valence-electron chi connectivity index (χ0n) is 12.1. The Morgan fingerprint density at radius 2 is 2.30 bits per heavy atom. The van der Waals surface area contributed by atoms with Crippen molar-refractivity contribution in [2.45, 2.75) is 37.6 Å². The Kier molecular flexibility index (Phi) is 5.29. The van der Waals surface area contributed by atoms with E-state index in [4.69, 9.17) is 4.74 Å². The van der Waals surface area contributed by atoms with Crippen molar-refractivity contribution in [1.29, 1.82) is 0 Å². The number of anilines is 1. The van der Waals surface area contributed by atoms with Crippen LogP contribution in [0.5, 0.6) is 0 Å². The van der Waals surface area contributed by atoms with Gasteiger partial charge in [-0.15, -0.1) is 11.8 Å². The molecule has 1 aromatic heterocycles. The van der Waals surface area contributed by atoms with E-state index in [2.05, 4.69) is 17.2 Å². The molecule has 110 valence electrons. The first-order valence-electron chi connectivity index (χ1n) is 7.08. The van der Waals surface area contributed by atoms with E-state index in [-0.39, 0.29) is 11.4 Å². The molecule has 4 nitrogen and oxygen atoms in total. The molecular formula is C15H22N2O2S. The second kappa shape index (κ2) is 6.97. The van der Waals surface area contributed by atoms with Crippen LogP contribution in [0.15, 0.2) is 23.2 Å². The predicted octanol–water partition coefficient (Wildman–Crippen LogP) is 3.34. The van der Waals surface area contributed by atoms with E-state index in [0.29, 0.717) is 6.42 Å². The van der Waals surface area contributed by atoms with Gasteiger partial charge in [0.15, 0.2) is 0 Å². The lowest BCUT2D eigenvalue weighted by atomic mass is 10.1. The third-order valence-corrected chi connectivity index (χ3v) is 4.79. The van der Waals surface area contributed by atoms with Crippen molar-refractivity contribution in [3.05, 3.63) is 18.2 Å². The number of ether oxygens (including phenoxy) is 1. The average molecular weight is 294 g/mol. The third-order valence-electron chi connectivity index (χ3n) is 3.51. The quantitative estimate of drug-likeness (QED) is 0.588. The lowest BCUT2D eigenvalue weighted by Crippen LogP contribution is -2.13. The number of aromatic nitrogens is 1. The molecule has 0 amide bonds. The van der Waals surface area contributed by atoms with Gasteiger partial charge in [0, 0.05) is 12.3 Å². The summed E-state index contributed by atoms with van der Waals surface area (Å²) in [4.78, 5) is 16.0.